The molecule has 0 heterocycles. The maximum Gasteiger partial charge on any atom is 0.321 e. The molecule has 0 aliphatic heterocycles. The molecule has 7 heteroatoms. The topological polar surface area (TPSA) is 83.5 Å². The number of thioether (sulfide) groups is 1. The van der Waals surface area contributed by atoms with Crippen LogP contribution in [0.2, 0.25) is 0 Å². The molecule has 1 atom stereocenters. The number of hydrogen-bond donors (Lipinski definition) is 2. The molecule has 0 radical (unpaired) electrons. The number of nitrogens with one attached hydrogen (secondary N) is 1. The zero-order chi connectivity index (χ0) is 11.9. The van der Waals surface area contributed by atoms with Crippen molar-refractivity contribution in [3.63, 3.8) is 0 Å². The summed E-state index contributed by atoms with van der Waals surface area (Å²) < 4.78 is 21.6. The second-order valence-corrected chi connectivity index (χ2v) is 6.56. The van der Waals surface area contributed by atoms with Gasteiger partial charge in [0.25, 0.3) is 0 Å². The summed E-state index contributed by atoms with van der Waals surface area (Å²) in [5.41, 5.74) is 0. The van der Waals surface area contributed by atoms with E-state index in [2.05, 4.69) is 5.32 Å². The van der Waals surface area contributed by atoms with Crippen LogP contribution in [-0.4, -0.2) is 55.6 Å². The first kappa shape index (κ1) is 14.7. The lowest BCUT2D eigenvalue weighted by molar-refractivity contribution is -0.138. The molecule has 0 amide bonds. The third kappa shape index (κ3) is 8.71. The summed E-state index contributed by atoms with van der Waals surface area (Å²) in [5.74, 6) is 0.0201. The van der Waals surface area contributed by atoms with Crippen LogP contribution < -0.4 is 5.32 Å². The van der Waals surface area contributed by atoms with Crippen LogP contribution in [0.5, 0.6) is 0 Å². The number of carboxylic acids is 1. The van der Waals surface area contributed by atoms with E-state index in [1.165, 1.54) is 18.0 Å². The third-order valence-corrected chi connectivity index (χ3v) is 3.90. The highest BCUT2D eigenvalue weighted by Gasteiger charge is 2.15. The average Bonchev–Trinajstić information content (AvgIpc) is 2.08. The van der Waals surface area contributed by atoms with Gasteiger partial charge >= 0.3 is 5.97 Å². The largest absolute Gasteiger partial charge is 0.480 e. The van der Waals surface area contributed by atoms with Crippen molar-refractivity contribution in [1.82, 2.24) is 5.32 Å². The SMILES string of the molecule is CCNC(CSCCS(C)(=O)=O)C(=O)O. The van der Waals surface area contributed by atoms with E-state index < -0.39 is 21.8 Å². The van der Waals surface area contributed by atoms with Crippen molar-refractivity contribution in [3.05, 3.63) is 0 Å². The zero-order valence-electron chi connectivity index (χ0n) is 8.89. The smallest absolute Gasteiger partial charge is 0.321 e. The van der Waals surface area contributed by atoms with E-state index in [1.54, 1.807) is 0 Å². The van der Waals surface area contributed by atoms with E-state index in [9.17, 15) is 13.2 Å². The minimum absolute atomic E-state index is 0.0934. The summed E-state index contributed by atoms with van der Waals surface area (Å²) in [7, 11) is -2.94. The molecule has 0 aliphatic carbocycles. The van der Waals surface area contributed by atoms with Gasteiger partial charge in [-0.1, -0.05) is 6.92 Å². The van der Waals surface area contributed by atoms with Crippen molar-refractivity contribution in [3.8, 4) is 0 Å². The fourth-order valence-corrected chi connectivity index (χ4v) is 3.22. The Morgan fingerprint density at radius 1 is 1.53 bits per heavy atom. The molecular formula is C8H17NO4S2. The Morgan fingerprint density at radius 3 is 2.53 bits per heavy atom. The van der Waals surface area contributed by atoms with Gasteiger partial charge in [0, 0.05) is 17.8 Å². The molecule has 0 rings (SSSR count). The molecule has 0 spiro atoms. The lowest BCUT2D eigenvalue weighted by Crippen LogP contribution is -2.38. The highest BCUT2D eigenvalue weighted by Crippen LogP contribution is 2.04. The summed E-state index contributed by atoms with van der Waals surface area (Å²) >= 11 is 1.33. The number of hydrogen-bond acceptors (Lipinski definition) is 5. The Morgan fingerprint density at radius 2 is 2.13 bits per heavy atom. The van der Waals surface area contributed by atoms with E-state index in [0.717, 1.165) is 0 Å². The van der Waals surface area contributed by atoms with E-state index in [-0.39, 0.29) is 5.75 Å². The van der Waals surface area contributed by atoms with E-state index in [1.807, 2.05) is 6.92 Å². The van der Waals surface area contributed by atoms with Crippen molar-refractivity contribution in [2.24, 2.45) is 0 Å². The molecule has 0 aromatic rings. The maximum atomic E-state index is 10.8. The molecule has 0 aromatic carbocycles. The van der Waals surface area contributed by atoms with Gasteiger partial charge in [-0.15, -0.1) is 0 Å². The van der Waals surface area contributed by atoms with Gasteiger partial charge in [-0.25, -0.2) is 8.42 Å². The molecule has 0 bridgehead atoms. The van der Waals surface area contributed by atoms with Crippen LogP contribution in [0.15, 0.2) is 0 Å². The van der Waals surface area contributed by atoms with Crippen LogP contribution in [0.4, 0.5) is 0 Å². The van der Waals surface area contributed by atoms with Gasteiger partial charge < -0.3 is 10.4 Å². The highest BCUT2D eigenvalue weighted by atomic mass is 32.2. The van der Waals surface area contributed by atoms with Crippen molar-refractivity contribution in [2.45, 2.75) is 13.0 Å². The zero-order valence-corrected chi connectivity index (χ0v) is 10.5. The third-order valence-electron chi connectivity index (χ3n) is 1.63. The average molecular weight is 255 g/mol. The lowest BCUT2D eigenvalue weighted by atomic mass is 10.3. The number of sulfone groups is 1. The van der Waals surface area contributed by atoms with Crippen LogP contribution >= 0.6 is 11.8 Å². The van der Waals surface area contributed by atoms with Gasteiger partial charge in [0.2, 0.25) is 0 Å². The number of likely N-dealkylation sites (N-methyl/N-ethyl adjacent to an activating group) is 1. The van der Waals surface area contributed by atoms with Crippen LogP contribution in [0, 0.1) is 0 Å². The Labute approximate surface area is 94.5 Å². The van der Waals surface area contributed by atoms with Crippen LogP contribution in [0.1, 0.15) is 6.92 Å². The van der Waals surface area contributed by atoms with Crippen molar-refractivity contribution >= 4 is 27.6 Å². The summed E-state index contributed by atoms with van der Waals surface area (Å²) in [5, 5.41) is 11.6. The van der Waals surface area contributed by atoms with Crippen molar-refractivity contribution in [1.29, 1.82) is 0 Å². The minimum Gasteiger partial charge on any atom is -0.480 e. The molecule has 90 valence electrons. The molecule has 5 nitrogen and oxygen atoms in total. The number of carboxylic acid groups (broad SMARTS) is 1. The Balaban J connectivity index is 3.77. The monoisotopic (exact) mass is 255 g/mol. The molecule has 1 unspecified atom stereocenters. The Kier molecular flexibility index (Phi) is 6.95. The Hall–Kier alpha value is -0.270. The number of rotatable bonds is 8. The maximum absolute atomic E-state index is 10.8. The number of carbonyl (C=O) groups is 1. The van der Waals surface area contributed by atoms with Gasteiger partial charge in [0.15, 0.2) is 0 Å². The first-order chi connectivity index (χ1) is 6.87. The molecule has 0 aliphatic rings. The Bertz CT molecular complexity index is 289. The van der Waals surface area contributed by atoms with Gasteiger partial charge in [0.1, 0.15) is 15.9 Å². The van der Waals surface area contributed by atoms with Crippen molar-refractivity contribution < 1.29 is 18.3 Å². The quantitative estimate of drug-likeness (QED) is 0.586. The molecule has 0 aromatic heterocycles. The summed E-state index contributed by atoms with van der Waals surface area (Å²) in [6, 6.07) is -0.598. The summed E-state index contributed by atoms with van der Waals surface area (Å²) in [6.45, 7) is 2.42. The molecule has 0 saturated heterocycles. The molecule has 0 fully saturated rings. The van der Waals surface area contributed by atoms with Gasteiger partial charge in [0.05, 0.1) is 5.75 Å². The van der Waals surface area contributed by atoms with Crippen LogP contribution in [0.3, 0.4) is 0 Å². The molecule has 0 saturated carbocycles. The minimum atomic E-state index is -2.94. The van der Waals surface area contributed by atoms with Crippen molar-refractivity contribution in [2.75, 3.05) is 30.1 Å². The van der Waals surface area contributed by atoms with Gasteiger partial charge in [-0.2, -0.15) is 11.8 Å². The fraction of sp³-hybridized carbons (Fsp3) is 0.875. The molecule has 2 N–H and O–H groups in total. The van der Waals surface area contributed by atoms with E-state index in [0.29, 0.717) is 18.1 Å². The fourth-order valence-electron chi connectivity index (χ4n) is 0.875. The van der Waals surface area contributed by atoms with E-state index >= 15 is 0 Å². The first-order valence-electron chi connectivity index (χ1n) is 4.58. The van der Waals surface area contributed by atoms with Gasteiger partial charge in [-0.3, -0.25) is 4.79 Å². The second kappa shape index (κ2) is 7.08. The molecule has 15 heavy (non-hydrogen) atoms. The summed E-state index contributed by atoms with van der Waals surface area (Å²) in [6.07, 6.45) is 1.17. The molecular weight excluding hydrogens is 238 g/mol. The predicted octanol–water partition coefficient (Wildman–Crippen LogP) is -0.173. The normalized spacial score (nSPS) is 13.7. The summed E-state index contributed by atoms with van der Waals surface area (Å²) in [4.78, 5) is 10.7. The standard InChI is InChI=1S/C8H17NO4S2/c1-3-9-7(8(10)11)6-14-4-5-15(2,12)13/h7,9H,3-6H2,1-2H3,(H,10,11). The first-order valence-corrected chi connectivity index (χ1v) is 7.80. The highest BCUT2D eigenvalue weighted by molar-refractivity contribution is 8.00. The number of aliphatic carboxylic acids is 1. The van der Waals surface area contributed by atoms with Gasteiger partial charge in [-0.05, 0) is 6.54 Å². The second-order valence-electron chi connectivity index (χ2n) is 3.15. The van der Waals surface area contributed by atoms with E-state index in [4.69, 9.17) is 5.11 Å². The predicted molar refractivity (Wildman–Crippen MR) is 62.1 cm³/mol. The van der Waals surface area contributed by atoms with Crippen LogP contribution in [-0.2, 0) is 14.6 Å². The lowest BCUT2D eigenvalue weighted by Gasteiger charge is -2.11. The van der Waals surface area contributed by atoms with Crippen LogP contribution in [0.25, 0.3) is 0 Å².